The first-order valence-corrected chi connectivity index (χ1v) is 11.2. The molecule has 0 aliphatic carbocycles. The molecule has 0 saturated heterocycles. The number of sulfonamides is 1. The highest BCUT2D eigenvalue weighted by Gasteiger charge is 2.25. The number of carbonyl (C=O) groups excluding carboxylic acids is 1. The molecule has 0 heterocycles. The monoisotopic (exact) mass is 433 g/mol. The fourth-order valence-corrected chi connectivity index (χ4v) is 4.77. The topological polar surface area (TPSA) is 81.5 Å². The van der Waals surface area contributed by atoms with Gasteiger partial charge in [0.05, 0.1) is 22.2 Å². The molecule has 0 N–H and O–H groups in total. The molecule has 0 fully saturated rings. The van der Waals surface area contributed by atoms with Gasteiger partial charge >= 0.3 is 0 Å². The molecule has 7 heteroatoms. The van der Waals surface area contributed by atoms with Crippen molar-refractivity contribution in [3.63, 3.8) is 0 Å². The number of carbonyl (C=O) groups is 1. The van der Waals surface area contributed by atoms with Crippen LogP contribution in [0, 0.1) is 11.3 Å². The smallest absolute Gasteiger partial charge is 0.264 e. The maximum Gasteiger partial charge on any atom is 0.264 e. The zero-order chi connectivity index (χ0) is 22.4. The quantitative estimate of drug-likeness (QED) is 0.563. The van der Waals surface area contributed by atoms with E-state index in [1.165, 1.54) is 21.3 Å². The first-order valence-electron chi connectivity index (χ1n) is 9.79. The van der Waals surface area contributed by atoms with Gasteiger partial charge in [0.15, 0.2) is 0 Å². The number of para-hydroxylation sites is 1. The summed E-state index contributed by atoms with van der Waals surface area (Å²) < 4.78 is 27.8. The van der Waals surface area contributed by atoms with E-state index in [9.17, 15) is 13.2 Å². The minimum Gasteiger partial charge on any atom is -0.337 e. The summed E-state index contributed by atoms with van der Waals surface area (Å²) in [6.07, 6.45) is 0. The maximum absolute atomic E-state index is 13.2. The van der Waals surface area contributed by atoms with Crippen LogP contribution in [0.3, 0.4) is 0 Å². The second-order valence-electron chi connectivity index (χ2n) is 7.00. The van der Waals surface area contributed by atoms with Crippen LogP contribution >= 0.6 is 0 Å². The van der Waals surface area contributed by atoms with E-state index in [0.717, 1.165) is 5.56 Å². The third-order valence-electron chi connectivity index (χ3n) is 4.85. The molecule has 0 aromatic heterocycles. The van der Waals surface area contributed by atoms with Crippen molar-refractivity contribution in [1.29, 1.82) is 5.26 Å². The lowest BCUT2D eigenvalue weighted by atomic mass is 10.1. The molecule has 3 rings (SSSR count). The fourth-order valence-electron chi connectivity index (χ4n) is 3.25. The fraction of sp³-hybridized carbons (Fsp3) is 0.167. The van der Waals surface area contributed by atoms with Gasteiger partial charge in [0.1, 0.15) is 0 Å². The number of rotatable bonds is 7. The molecular formula is C24H23N3O3S. The van der Waals surface area contributed by atoms with E-state index in [-0.39, 0.29) is 17.3 Å². The van der Waals surface area contributed by atoms with E-state index in [1.54, 1.807) is 74.6 Å². The molecule has 0 bridgehead atoms. The van der Waals surface area contributed by atoms with Crippen molar-refractivity contribution in [2.45, 2.75) is 18.4 Å². The average molecular weight is 434 g/mol. The van der Waals surface area contributed by atoms with Gasteiger partial charge in [-0.05, 0) is 55.0 Å². The molecule has 0 saturated carbocycles. The van der Waals surface area contributed by atoms with Gasteiger partial charge < -0.3 is 4.90 Å². The summed E-state index contributed by atoms with van der Waals surface area (Å²) in [5.41, 5.74) is 2.29. The Labute approximate surface area is 183 Å². The summed E-state index contributed by atoms with van der Waals surface area (Å²) >= 11 is 0. The van der Waals surface area contributed by atoms with Gasteiger partial charge in [-0.25, -0.2) is 8.42 Å². The van der Waals surface area contributed by atoms with E-state index in [1.807, 2.05) is 6.07 Å². The van der Waals surface area contributed by atoms with Gasteiger partial charge in [-0.2, -0.15) is 5.26 Å². The number of hydrogen-bond acceptors (Lipinski definition) is 4. The molecule has 6 nitrogen and oxygen atoms in total. The third-order valence-corrected chi connectivity index (χ3v) is 6.75. The Kier molecular flexibility index (Phi) is 6.73. The van der Waals surface area contributed by atoms with Gasteiger partial charge in [0.2, 0.25) is 0 Å². The molecule has 0 aliphatic heterocycles. The molecule has 3 aromatic rings. The molecule has 1 amide bonds. The number of benzene rings is 3. The molecule has 0 aliphatic rings. The molecule has 3 aromatic carbocycles. The molecule has 0 radical (unpaired) electrons. The van der Waals surface area contributed by atoms with Crippen molar-refractivity contribution in [2.75, 3.05) is 17.9 Å². The van der Waals surface area contributed by atoms with Gasteiger partial charge in [0.25, 0.3) is 15.9 Å². The minimum atomic E-state index is -3.82. The van der Waals surface area contributed by atoms with Crippen LogP contribution in [0.2, 0.25) is 0 Å². The summed E-state index contributed by atoms with van der Waals surface area (Å²) in [6.45, 7) is 2.38. The SMILES string of the molecule is CCN(c1ccccc1)S(=O)(=O)c1cccc(C(=O)N(C)Cc2ccc(C#N)cc2)c1. The Morgan fingerprint density at radius 2 is 1.65 bits per heavy atom. The second-order valence-corrected chi connectivity index (χ2v) is 8.87. The van der Waals surface area contributed by atoms with E-state index < -0.39 is 10.0 Å². The molecular weight excluding hydrogens is 410 g/mol. The number of anilines is 1. The van der Waals surface area contributed by atoms with Gasteiger partial charge in [-0.1, -0.05) is 36.4 Å². The van der Waals surface area contributed by atoms with Crippen LogP contribution in [-0.2, 0) is 16.6 Å². The molecule has 0 spiro atoms. The van der Waals surface area contributed by atoms with Gasteiger partial charge in [-0.3, -0.25) is 9.10 Å². The second kappa shape index (κ2) is 9.45. The summed E-state index contributed by atoms with van der Waals surface area (Å²) in [4.78, 5) is 14.5. The van der Waals surface area contributed by atoms with Crippen LogP contribution in [0.15, 0.2) is 83.8 Å². The maximum atomic E-state index is 13.2. The number of amides is 1. The highest BCUT2D eigenvalue weighted by molar-refractivity contribution is 7.92. The average Bonchev–Trinajstić information content (AvgIpc) is 2.80. The number of hydrogen-bond donors (Lipinski definition) is 0. The third kappa shape index (κ3) is 4.93. The Bertz CT molecular complexity index is 1200. The van der Waals surface area contributed by atoms with Crippen LogP contribution in [-0.4, -0.2) is 32.8 Å². The van der Waals surface area contributed by atoms with Crippen molar-refractivity contribution in [3.05, 3.63) is 95.6 Å². The Hall–Kier alpha value is -3.63. The van der Waals surface area contributed by atoms with Crippen LogP contribution in [0.25, 0.3) is 0 Å². The van der Waals surface area contributed by atoms with Gasteiger partial charge in [0, 0.05) is 25.7 Å². The van der Waals surface area contributed by atoms with Crippen molar-refractivity contribution >= 4 is 21.6 Å². The Morgan fingerprint density at radius 3 is 2.26 bits per heavy atom. The summed E-state index contributed by atoms with van der Waals surface area (Å²) in [7, 11) is -2.16. The first-order chi connectivity index (χ1) is 14.9. The molecule has 158 valence electrons. The predicted octanol–water partition coefficient (Wildman–Crippen LogP) is 4.05. The highest BCUT2D eigenvalue weighted by Crippen LogP contribution is 2.24. The van der Waals surface area contributed by atoms with Crippen LogP contribution in [0.1, 0.15) is 28.4 Å². The minimum absolute atomic E-state index is 0.0656. The summed E-state index contributed by atoms with van der Waals surface area (Å²) in [6, 6.07) is 24.0. The highest BCUT2D eigenvalue weighted by atomic mass is 32.2. The van der Waals surface area contributed by atoms with Crippen molar-refractivity contribution in [2.24, 2.45) is 0 Å². The van der Waals surface area contributed by atoms with E-state index in [4.69, 9.17) is 5.26 Å². The van der Waals surface area contributed by atoms with E-state index in [2.05, 4.69) is 6.07 Å². The van der Waals surface area contributed by atoms with Crippen LogP contribution in [0.5, 0.6) is 0 Å². The largest absolute Gasteiger partial charge is 0.337 e. The number of nitriles is 1. The normalized spacial score (nSPS) is 10.9. The lowest BCUT2D eigenvalue weighted by Crippen LogP contribution is -2.31. The Balaban J connectivity index is 1.84. The van der Waals surface area contributed by atoms with E-state index in [0.29, 0.717) is 23.4 Å². The summed E-state index contributed by atoms with van der Waals surface area (Å²) in [5.74, 6) is -0.288. The van der Waals surface area contributed by atoms with Crippen LogP contribution in [0.4, 0.5) is 5.69 Å². The Morgan fingerprint density at radius 1 is 0.968 bits per heavy atom. The lowest BCUT2D eigenvalue weighted by molar-refractivity contribution is 0.0785. The van der Waals surface area contributed by atoms with E-state index >= 15 is 0 Å². The first kappa shape index (κ1) is 22.1. The van der Waals surface area contributed by atoms with Crippen molar-refractivity contribution in [1.82, 2.24) is 4.90 Å². The van der Waals surface area contributed by atoms with Gasteiger partial charge in [-0.15, -0.1) is 0 Å². The van der Waals surface area contributed by atoms with Crippen molar-refractivity contribution in [3.8, 4) is 6.07 Å². The zero-order valence-corrected chi connectivity index (χ0v) is 18.2. The standard InChI is InChI=1S/C24H23N3O3S/c1-3-27(22-9-5-4-6-10-22)31(29,30)23-11-7-8-21(16-23)24(28)26(2)18-20-14-12-19(17-25)13-15-20/h4-16H,3,18H2,1-2H3. The molecule has 0 atom stereocenters. The van der Waals surface area contributed by atoms with Crippen LogP contribution < -0.4 is 4.31 Å². The predicted molar refractivity (Wildman–Crippen MR) is 120 cm³/mol. The summed E-state index contributed by atoms with van der Waals surface area (Å²) in [5, 5.41) is 8.90. The number of nitrogens with zero attached hydrogens (tertiary/aromatic N) is 3. The zero-order valence-electron chi connectivity index (χ0n) is 17.4. The molecule has 0 unspecified atom stereocenters. The molecule has 31 heavy (non-hydrogen) atoms. The lowest BCUT2D eigenvalue weighted by Gasteiger charge is -2.23. The van der Waals surface area contributed by atoms with Crippen molar-refractivity contribution < 1.29 is 13.2 Å².